The smallest absolute Gasteiger partial charge is 0.145 e. The highest BCUT2D eigenvalue weighted by Crippen LogP contribution is 2.37. The zero-order valence-electron chi connectivity index (χ0n) is 10.6. The van der Waals surface area contributed by atoms with Gasteiger partial charge in [0.15, 0.2) is 0 Å². The Morgan fingerprint density at radius 2 is 2.06 bits per heavy atom. The highest BCUT2D eigenvalue weighted by atomic mass is 35.5. The number of H-pyrrole nitrogens is 1. The standard InChI is InChI=1S/C13H16ClN3O/c1-7(2)8-5-12(18-3)9(4-10(8)14)11-6-13(15)17-16-11/h4-7H,1-3H3,(H3,15,16,17). The first-order valence-electron chi connectivity index (χ1n) is 5.71. The maximum absolute atomic E-state index is 6.29. The lowest BCUT2D eigenvalue weighted by Crippen LogP contribution is -1.94. The minimum absolute atomic E-state index is 0.340. The lowest BCUT2D eigenvalue weighted by Gasteiger charge is -2.13. The van der Waals surface area contributed by atoms with Crippen LogP contribution in [0.4, 0.5) is 5.82 Å². The number of hydrogen-bond acceptors (Lipinski definition) is 3. The lowest BCUT2D eigenvalue weighted by atomic mass is 9.99. The molecule has 0 bridgehead atoms. The fourth-order valence-electron chi connectivity index (χ4n) is 1.87. The topological polar surface area (TPSA) is 63.9 Å². The molecule has 1 aromatic heterocycles. The van der Waals surface area contributed by atoms with Gasteiger partial charge in [-0.15, -0.1) is 0 Å². The van der Waals surface area contributed by atoms with Gasteiger partial charge in [-0.05, 0) is 23.6 Å². The number of benzene rings is 1. The molecule has 5 heteroatoms. The van der Waals surface area contributed by atoms with E-state index in [0.717, 1.165) is 22.6 Å². The van der Waals surface area contributed by atoms with Gasteiger partial charge in [-0.25, -0.2) is 0 Å². The van der Waals surface area contributed by atoms with E-state index in [1.807, 2.05) is 12.1 Å². The minimum atomic E-state index is 0.340. The van der Waals surface area contributed by atoms with Crippen molar-refractivity contribution in [3.8, 4) is 17.0 Å². The molecule has 4 nitrogen and oxygen atoms in total. The van der Waals surface area contributed by atoms with E-state index >= 15 is 0 Å². The van der Waals surface area contributed by atoms with E-state index < -0.39 is 0 Å². The van der Waals surface area contributed by atoms with Crippen LogP contribution in [0.3, 0.4) is 0 Å². The van der Waals surface area contributed by atoms with Gasteiger partial charge in [0.25, 0.3) is 0 Å². The maximum atomic E-state index is 6.29. The van der Waals surface area contributed by atoms with Gasteiger partial charge in [-0.1, -0.05) is 25.4 Å². The number of aromatic nitrogens is 2. The Labute approximate surface area is 111 Å². The molecular formula is C13H16ClN3O. The van der Waals surface area contributed by atoms with Crippen LogP contribution in [0.1, 0.15) is 25.3 Å². The molecule has 0 aliphatic heterocycles. The van der Waals surface area contributed by atoms with Crippen molar-refractivity contribution in [2.45, 2.75) is 19.8 Å². The molecule has 0 aliphatic carbocycles. The van der Waals surface area contributed by atoms with E-state index in [1.165, 1.54) is 0 Å². The normalized spacial score (nSPS) is 10.9. The van der Waals surface area contributed by atoms with E-state index in [4.69, 9.17) is 22.1 Å². The van der Waals surface area contributed by atoms with Gasteiger partial charge in [0.2, 0.25) is 0 Å². The molecular weight excluding hydrogens is 250 g/mol. The third kappa shape index (κ3) is 2.29. The molecule has 0 radical (unpaired) electrons. The van der Waals surface area contributed by atoms with Crippen molar-refractivity contribution >= 4 is 17.4 Å². The molecule has 0 unspecified atom stereocenters. The van der Waals surface area contributed by atoms with Crippen LogP contribution in [0.25, 0.3) is 11.3 Å². The number of hydrogen-bond donors (Lipinski definition) is 2. The maximum Gasteiger partial charge on any atom is 0.145 e. The van der Waals surface area contributed by atoms with Crippen LogP contribution in [0, 0.1) is 0 Å². The third-order valence-corrected chi connectivity index (χ3v) is 3.16. The molecule has 0 saturated heterocycles. The van der Waals surface area contributed by atoms with Gasteiger partial charge in [-0.2, -0.15) is 5.10 Å². The number of methoxy groups -OCH3 is 1. The predicted molar refractivity (Wildman–Crippen MR) is 74.1 cm³/mol. The van der Waals surface area contributed by atoms with Gasteiger partial charge in [0.05, 0.1) is 12.8 Å². The number of nitrogens with one attached hydrogen (secondary N) is 1. The molecule has 18 heavy (non-hydrogen) atoms. The summed E-state index contributed by atoms with van der Waals surface area (Å²) in [7, 11) is 1.64. The molecule has 0 saturated carbocycles. The first kappa shape index (κ1) is 12.8. The zero-order valence-corrected chi connectivity index (χ0v) is 11.4. The minimum Gasteiger partial charge on any atom is -0.496 e. The van der Waals surface area contributed by atoms with E-state index in [-0.39, 0.29) is 0 Å². The van der Waals surface area contributed by atoms with Gasteiger partial charge >= 0.3 is 0 Å². The van der Waals surface area contributed by atoms with Crippen LogP contribution in [0.5, 0.6) is 5.75 Å². The predicted octanol–water partition coefficient (Wildman–Crippen LogP) is 3.44. The quantitative estimate of drug-likeness (QED) is 0.893. The van der Waals surface area contributed by atoms with Gasteiger partial charge in [0, 0.05) is 16.7 Å². The van der Waals surface area contributed by atoms with Crippen LogP contribution < -0.4 is 10.5 Å². The molecule has 0 fully saturated rings. The van der Waals surface area contributed by atoms with E-state index in [1.54, 1.807) is 13.2 Å². The monoisotopic (exact) mass is 265 g/mol. The van der Waals surface area contributed by atoms with Crippen molar-refractivity contribution in [3.05, 3.63) is 28.8 Å². The Balaban J connectivity index is 2.57. The number of aromatic amines is 1. The zero-order chi connectivity index (χ0) is 13.3. The highest BCUT2D eigenvalue weighted by molar-refractivity contribution is 6.31. The second-order valence-electron chi connectivity index (χ2n) is 4.44. The number of nitrogens with two attached hydrogens (primary N) is 1. The summed E-state index contributed by atoms with van der Waals surface area (Å²) >= 11 is 6.29. The number of anilines is 1. The number of rotatable bonds is 3. The second kappa shape index (κ2) is 4.90. The van der Waals surface area contributed by atoms with Crippen LogP contribution >= 0.6 is 11.6 Å². The van der Waals surface area contributed by atoms with Crippen molar-refractivity contribution in [2.75, 3.05) is 12.8 Å². The Bertz CT molecular complexity index is 563. The first-order chi connectivity index (χ1) is 8.52. The summed E-state index contributed by atoms with van der Waals surface area (Å²) in [6.45, 7) is 4.18. The second-order valence-corrected chi connectivity index (χ2v) is 4.84. The molecule has 0 atom stereocenters. The Kier molecular flexibility index (Phi) is 3.48. The van der Waals surface area contributed by atoms with Crippen LogP contribution in [-0.4, -0.2) is 17.3 Å². The van der Waals surface area contributed by atoms with Crippen molar-refractivity contribution < 1.29 is 4.74 Å². The molecule has 1 aromatic carbocycles. The van der Waals surface area contributed by atoms with Gasteiger partial charge in [0.1, 0.15) is 11.6 Å². The van der Waals surface area contributed by atoms with Crippen molar-refractivity contribution in [2.24, 2.45) is 0 Å². The van der Waals surface area contributed by atoms with Crippen LogP contribution in [-0.2, 0) is 0 Å². The third-order valence-electron chi connectivity index (χ3n) is 2.83. The fourth-order valence-corrected chi connectivity index (χ4v) is 2.25. The molecule has 0 amide bonds. The molecule has 2 aromatic rings. The summed E-state index contributed by atoms with van der Waals surface area (Å²) in [5, 5.41) is 7.49. The molecule has 96 valence electrons. The van der Waals surface area contributed by atoms with Gasteiger partial charge < -0.3 is 10.5 Å². The average molecular weight is 266 g/mol. The number of halogens is 1. The summed E-state index contributed by atoms with van der Waals surface area (Å²) in [5.74, 6) is 1.54. The fraction of sp³-hybridized carbons (Fsp3) is 0.308. The summed E-state index contributed by atoms with van der Waals surface area (Å²) in [6.07, 6.45) is 0. The Morgan fingerprint density at radius 1 is 1.33 bits per heavy atom. The molecule has 3 N–H and O–H groups in total. The summed E-state index contributed by atoms with van der Waals surface area (Å²) < 4.78 is 5.41. The highest BCUT2D eigenvalue weighted by Gasteiger charge is 2.14. The molecule has 0 aliphatic rings. The van der Waals surface area contributed by atoms with Crippen LogP contribution in [0.15, 0.2) is 18.2 Å². The van der Waals surface area contributed by atoms with Crippen molar-refractivity contribution in [3.63, 3.8) is 0 Å². The average Bonchev–Trinajstić information content (AvgIpc) is 2.75. The van der Waals surface area contributed by atoms with Gasteiger partial charge in [-0.3, -0.25) is 5.10 Å². The number of ether oxygens (including phenoxy) is 1. The lowest BCUT2D eigenvalue weighted by molar-refractivity contribution is 0.415. The molecule has 2 rings (SSSR count). The number of nitrogens with zero attached hydrogens (tertiary/aromatic N) is 1. The Hall–Kier alpha value is -1.68. The van der Waals surface area contributed by atoms with E-state index in [2.05, 4.69) is 24.0 Å². The van der Waals surface area contributed by atoms with Crippen molar-refractivity contribution in [1.29, 1.82) is 0 Å². The largest absolute Gasteiger partial charge is 0.496 e. The van der Waals surface area contributed by atoms with Crippen molar-refractivity contribution in [1.82, 2.24) is 10.2 Å². The van der Waals surface area contributed by atoms with E-state index in [9.17, 15) is 0 Å². The summed E-state index contributed by atoms with van der Waals surface area (Å²) in [5.41, 5.74) is 8.32. The number of nitrogen functional groups attached to an aromatic ring is 1. The van der Waals surface area contributed by atoms with E-state index in [0.29, 0.717) is 16.8 Å². The molecule has 0 spiro atoms. The first-order valence-corrected chi connectivity index (χ1v) is 6.09. The SMILES string of the molecule is COc1cc(C(C)C)c(Cl)cc1-c1cc(N)n[nH]1. The van der Waals surface area contributed by atoms with Crippen LogP contribution in [0.2, 0.25) is 5.02 Å². The Morgan fingerprint density at radius 3 is 2.56 bits per heavy atom. The summed E-state index contributed by atoms with van der Waals surface area (Å²) in [6, 6.07) is 5.59. The molecule has 1 heterocycles. The summed E-state index contributed by atoms with van der Waals surface area (Å²) in [4.78, 5) is 0.